The van der Waals surface area contributed by atoms with Crippen LogP contribution in [0.4, 0.5) is 0 Å². The van der Waals surface area contributed by atoms with Gasteiger partial charge in [-0.15, -0.1) is 0 Å². The number of aliphatic hydroxyl groups is 1. The number of unbranched alkanes of at least 4 members (excludes halogenated alkanes) is 1. The predicted octanol–water partition coefficient (Wildman–Crippen LogP) is 2.74. The van der Waals surface area contributed by atoms with E-state index in [0.717, 1.165) is 39.0 Å². The average molecular weight is 301 g/mol. The summed E-state index contributed by atoms with van der Waals surface area (Å²) in [7, 11) is 0. The molecule has 2 N–H and O–H groups in total. The zero-order valence-electron chi connectivity index (χ0n) is 14.2. The Bertz CT molecular complexity index is 254. The molecule has 4 nitrogen and oxygen atoms in total. The zero-order chi connectivity index (χ0) is 15.6. The summed E-state index contributed by atoms with van der Waals surface area (Å²) in [5.74, 6) is 0.635. The molecule has 21 heavy (non-hydrogen) atoms. The molecule has 4 heteroatoms. The van der Waals surface area contributed by atoms with Crippen LogP contribution in [0, 0.1) is 5.92 Å². The van der Waals surface area contributed by atoms with Crippen LogP contribution in [0.15, 0.2) is 0 Å². The quantitative estimate of drug-likeness (QED) is 0.582. The van der Waals surface area contributed by atoms with Gasteiger partial charge < -0.3 is 19.9 Å². The molecule has 0 bridgehead atoms. The van der Waals surface area contributed by atoms with Gasteiger partial charge in [0, 0.05) is 26.3 Å². The summed E-state index contributed by atoms with van der Waals surface area (Å²) >= 11 is 0. The minimum absolute atomic E-state index is 0.0476. The molecule has 1 aliphatic rings. The lowest BCUT2D eigenvalue weighted by atomic mass is 10.0. The molecule has 0 aliphatic carbocycles. The van der Waals surface area contributed by atoms with Gasteiger partial charge in [0.05, 0.1) is 18.3 Å². The van der Waals surface area contributed by atoms with Crippen LogP contribution >= 0.6 is 0 Å². The maximum absolute atomic E-state index is 9.94. The number of hydrogen-bond donors (Lipinski definition) is 2. The van der Waals surface area contributed by atoms with Crippen molar-refractivity contribution in [2.45, 2.75) is 71.0 Å². The number of ether oxygens (including phenoxy) is 2. The summed E-state index contributed by atoms with van der Waals surface area (Å²) in [5.41, 5.74) is -0.0476. The van der Waals surface area contributed by atoms with Gasteiger partial charge in [-0.3, -0.25) is 0 Å². The Hall–Kier alpha value is -0.160. The van der Waals surface area contributed by atoms with E-state index >= 15 is 0 Å². The van der Waals surface area contributed by atoms with E-state index in [1.807, 2.05) is 0 Å². The second-order valence-electron chi connectivity index (χ2n) is 6.64. The van der Waals surface area contributed by atoms with Gasteiger partial charge in [0.2, 0.25) is 0 Å². The molecule has 1 aliphatic heterocycles. The Morgan fingerprint density at radius 1 is 1.33 bits per heavy atom. The predicted molar refractivity (Wildman–Crippen MR) is 86.6 cm³/mol. The summed E-state index contributed by atoms with van der Waals surface area (Å²) < 4.78 is 11.4. The zero-order valence-corrected chi connectivity index (χ0v) is 14.2. The van der Waals surface area contributed by atoms with Crippen molar-refractivity contribution < 1.29 is 14.6 Å². The topological polar surface area (TPSA) is 50.7 Å². The van der Waals surface area contributed by atoms with E-state index in [-0.39, 0.29) is 5.60 Å². The maximum Gasteiger partial charge on any atom is 0.0897 e. The number of rotatable bonds is 12. The Kier molecular flexibility index (Phi) is 9.49. The highest BCUT2D eigenvalue weighted by atomic mass is 16.5. The molecule has 3 unspecified atom stereocenters. The third-order valence-corrected chi connectivity index (χ3v) is 4.39. The van der Waals surface area contributed by atoms with Gasteiger partial charge in [0.25, 0.3) is 0 Å². The first-order valence-corrected chi connectivity index (χ1v) is 8.70. The van der Waals surface area contributed by atoms with E-state index in [0.29, 0.717) is 19.1 Å². The van der Waals surface area contributed by atoms with E-state index in [4.69, 9.17) is 9.47 Å². The molecule has 0 aromatic carbocycles. The minimum Gasteiger partial charge on any atom is -0.389 e. The molecule has 1 saturated heterocycles. The van der Waals surface area contributed by atoms with E-state index in [9.17, 15) is 5.11 Å². The third-order valence-electron chi connectivity index (χ3n) is 4.39. The fourth-order valence-corrected chi connectivity index (χ4v) is 2.81. The fraction of sp³-hybridized carbons (Fsp3) is 1.00. The van der Waals surface area contributed by atoms with Crippen molar-refractivity contribution in [1.82, 2.24) is 5.32 Å². The summed E-state index contributed by atoms with van der Waals surface area (Å²) in [6.07, 6.45) is 6.70. The van der Waals surface area contributed by atoms with Gasteiger partial charge in [-0.05, 0) is 32.1 Å². The van der Waals surface area contributed by atoms with Gasteiger partial charge in [-0.2, -0.15) is 0 Å². The van der Waals surface area contributed by atoms with Crippen molar-refractivity contribution in [3.05, 3.63) is 0 Å². The van der Waals surface area contributed by atoms with Crippen molar-refractivity contribution in [2.24, 2.45) is 5.92 Å². The highest BCUT2D eigenvalue weighted by molar-refractivity contribution is 4.82. The lowest BCUT2D eigenvalue weighted by Crippen LogP contribution is -2.41. The molecule has 0 amide bonds. The molecule has 0 saturated carbocycles. The molecule has 3 atom stereocenters. The van der Waals surface area contributed by atoms with Crippen molar-refractivity contribution in [1.29, 1.82) is 0 Å². The highest BCUT2D eigenvalue weighted by Gasteiger charge is 2.29. The Labute approximate surface area is 130 Å². The monoisotopic (exact) mass is 301 g/mol. The molecule has 1 heterocycles. The van der Waals surface area contributed by atoms with Gasteiger partial charge in [-0.25, -0.2) is 0 Å². The highest BCUT2D eigenvalue weighted by Crippen LogP contribution is 2.23. The first-order valence-electron chi connectivity index (χ1n) is 8.70. The molecular weight excluding hydrogens is 266 g/mol. The van der Waals surface area contributed by atoms with Crippen LogP contribution < -0.4 is 5.32 Å². The van der Waals surface area contributed by atoms with Crippen LogP contribution in [0.25, 0.3) is 0 Å². The lowest BCUT2D eigenvalue weighted by Gasteiger charge is -2.24. The Morgan fingerprint density at radius 2 is 2.14 bits per heavy atom. The summed E-state index contributed by atoms with van der Waals surface area (Å²) in [6, 6.07) is 0. The molecular formula is C17H35NO3. The summed E-state index contributed by atoms with van der Waals surface area (Å²) in [4.78, 5) is 0. The smallest absolute Gasteiger partial charge is 0.0897 e. The lowest BCUT2D eigenvalue weighted by molar-refractivity contribution is 0.00477. The van der Waals surface area contributed by atoms with Gasteiger partial charge in [-0.1, -0.05) is 33.1 Å². The van der Waals surface area contributed by atoms with Crippen LogP contribution in [0.3, 0.4) is 0 Å². The molecule has 126 valence electrons. The van der Waals surface area contributed by atoms with Gasteiger partial charge >= 0.3 is 0 Å². The second-order valence-corrected chi connectivity index (χ2v) is 6.64. The fourth-order valence-electron chi connectivity index (χ4n) is 2.81. The number of nitrogens with one attached hydrogen (secondary N) is 1. The second kappa shape index (κ2) is 10.5. The van der Waals surface area contributed by atoms with Crippen molar-refractivity contribution in [3.63, 3.8) is 0 Å². The molecule has 1 rings (SSSR count). The third kappa shape index (κ3) is 8.15. The van der Waals surface area contributed by atoms with E-state index in [1.54, 1.807) is 0 Å². The normalized spacial score (nSPS) is 25.1. The summed E-state index contributed by atoms with van der Waals surface area (Å²) in [5, 5.41) is 13.2. The van der Waals surface area contributed by atoms with Gasteiger partial charge in [0.15, 0.2) is 0 Å². The van der Waals surface area contributed by atoms with E-state index < -0.39 is 6.10 Å². The molecule has 0 aromatic rings. The van der Waals surface area contributed by atoms with Crippen molar-refractivity contribution in [2.75, 3.05) is 32.9 Å². The van der Waals surface area contributed by atoms with Crippen molar-refractivity contribution >= 4 is 0 Å². The average Bonchev–Trinajstić information content (AvgIpc) is 2.89. The molecule has 1 fully saturated rings. The van der Waals surface area contributed by atoms with E-state index in [2.05, 4.69) is 26.1 Å². The Balaban J connectivity index is 2.03. The standard InChI is InChI=1S/C17H35NO3/c1-4-6-8-15(5-2)12-20-13-16(19)11-18-14-17(3)9-7-10-21-17/h15-16,18-19H,4-14H2,1-3H3. The molecule has 0 spiro atoms. The Morgan fingerprint density at radius 3 is 2.76 bits per heavy atom. The van der Waals surface area contributed by atoms with Crippen LogP contribution in [0.1, 0.15) is 59.3 Å². The largest absolute Gasteiger partial charge is 0.389 e. The van der Waals surface area contributed by atoms with Crippen molar-refractivity contribution in [3.8, 4) is 0 Å². The van der Waals surface area contributed by atoms with Gasteiger partial charge in [0.1, 0.15) is 0 Å². The SMILES string of the molecule is CCCCC(CC)COCC(O)CNCC1(C)CCCO1. The number of aliphatic hydroxyl groups excluding tert-OH is 1. The minimum atomic E-state index is -0.432. The van der Waals surface area contributed by atoms with Crippen LogP contribution in [0.2, 0.25) is 0 Å². The summed E-state index contributed by atoms with van der Waals surface area (Å²) in [6.45, 7) is 10.0. The van der Waals surface area contributed by atoms with Crippen LogP contribution in [-0.2, 0) is 9.47 Å². The molecule has 0 aromatic heterocycles. The first kappa shape index (κ1) is 18.9. The maximum atomic E-state index is 9.94. The number of hydrogen-bond acceptors (Lipinski definition) is 4. The van der Waals surface area contributed by atoms with E-state index in [1.165, 1.54) is 19.3 Å². The van der Waals surface area contributed by atoms with Crippen LogP contribution in [-0.4, -0.2) is 49.7 Å². The van der Waals surface area contributed by atoms with Crippen LogP contribution in [0.5, 0.6) is 0 Å². The molecule has 0 radical (unpaired) electrons. The first-order chi connectivity index (χ1) is 10.1.